The number of morpholine rings is 1. The van der Waals surface area contributed by atoms with Crippen LogP contribution in [0.25, 0.3) is 0 Å². The number of ether oxygens (including phenoxy) is 2. The van der Waals surface area contributed by atoms with Crippen LogP contribution in [0.15, 0.2) is 36.5 Å². The van der Waals surface area contributed by atoms with Crippen molar-refractivity contribution in [1.29, 1.82) is 0 Å². The molecule has 194 valence electrons. The average molecular weight is 525 g/mol. The molecule has 2 aromatic rings. The van der Waals surface area contributed by atoms with Gasteiger partial charge in [0.25, 0.3) is 11.8 Å². The van der Waals surface area contributed by atoms with Crippen molar-refractivity contribution in [2.75, 3.05) is 38.2 Å². The summed E-state index contributed by atoms with van der Waals surface area (Å²) in [4.78, 5) is 31.3. The lowest BCUT2D eigenvalue weighted by Crippen LogP contribution is -2.42. The van der Waals surface area contributed by atoms with Gasteiger partial charge in [-0.25, -0.2) is 0 Å². The zero-order chi connectivity index (χ0) is 26.1. The Hall–Kier alpha value is -3.25. The number of nitrogens with one attached hydrogen (secondary N) is 2. The molecule has 0 unspecified atom stereocenters. The van der Waals surface area contributed by atoms with E-state index in [0.29, 0.717) is 32.7 Å². The third kappa shape index (κ3) is 7.37. The molecule has 2 N–H and O–H groups in total. The summed E-state index contributed by atoms with van der Waals surface area (Å²) in [7, 11) is 0. The van der Waals surface area contributed by atoms with Crippen LogP contribution >= 0.6 is 12.2 Å². The lowest BCUT2D eigenvalue weighted by molar-refractivity contribution is -0.138. The number of anilines is 1. The van der Waals surface area contributed by atoms with E-state index in [0.717, 1.165) is 18.9 Å². The molecule has 8 nitrogen and oxygen atoms in total. The molecule has 3 rings (SSSR count). The van der Waals surface area contributed by atoms with Crippen molar-refractivity contribution < 1.29 is 32.2 Å². The van der Waals surface area contributed by atoms with Crippen LogP contribution in [0.1, 0.15) is 52.6 Å². The maximum absolute atomic E-state index is 13.6. The van der Waals surface area contributed by atoms with Crippen molar-refractivity contribution in [3.63, 3.8) is 0 Å². The number of alkyl halides is 3. The van der Waals surface area contributed by atoms with Gasteiger partial charge in [-0.05, 0) is 49.0 Å². The number of aromatic nitrogens is 1. The summed E-state index contributed by atoms with van der Waals surface area (Å²) in [6, 6.07) is 6.37. The fraction of sp³-hybridized carbons (Fsp3) is 0.417. The normalized spacial score (nSPS) is 13.7. The Bertz CT molecular complexity index is 1090. The number of thiocarbonyl (C=S) groups is 1. The number of amides is 2. The first kappa shape index (κ1) is 27.3. The second-order valence-electron chi connectivity index (χ2n) is 7.98. The fourth-order valence-electron chi connectivity index (χ4n) is 3.50. The highest BCUT2D eigenvalue weighted by Gasteiger charge is 2.35. The molecule has 0 aliphatic carbocycles. The highest BCUT2D eigenvalue weighted by Crippen LogP contribution is 2.38. The Morgan fingerprint density at radius 3 is 2.64 bits per heavy atom. The van der Waals surface area contributed by atoms with Crippen LogP contribution in [0.2, 0.25) is 0 Å². The molecular formula is C24H27F3N4O4S. The number of benzene rings is 1. The Morgan fingerprint density at radius 1 is 1.19 bits per heavy atom. The predicted molar refractivity (Wildman–Crippen MR) is 131 cm³/mol. The molecule has 1 aromatic heterocycles. The van der Waals surface area contributed by atoms with Gasteiger partial charge in [0.15, 0.2) is 5.11 Å². The number of carbonyl (C=O) groups excluding carboxylic acids is 2. The van der Waals surface area contributed by atoms with Gasteiger partial charge in [0.05, 0.1) is 30.9 Å². The van der Waals surface area contributed by atoms with Crippen LogP contribution in [0, 0.1) is 0 Å². The number of unbranched alkanes of at least 4 members (excludes halogenated alkanes) is 2. The van der Waals surface area contributed by atoms with Crippen LogP contribution in [0.4, 0.5) is 18.9 Å². The zero-order valence-electron chi connectivity index (χ0n) is 19.7. The predicted octanol–water partition coefficient (Wildman–Crippen LogP) is 4.27. The summed E-state index contributed by atoms with van der Waals surface area (Å²) in [5.41, 5.74) is -0.998. The SMILES string of the molecule is CCCCCOc1ccc(NC(=S)NC(=O)c2cccnc2C(=O)N2CCOCC2)cc1C(F)(F)F. The molecule has 2 amide bonds. The number of halogens is 3. The highest BCUT2D eigenvalue weighted by molar-refractivity contribution is 7.80. The first-order valence-electron chi connectivity index (χ1n) is 11.5. The molecule has 1 saturated heterocycles. The van der Waals surface area contributed by atoms with Crippen molar-refractivity contribution in [2.45, 2.75) is 32.4 Å². The van der Waals surface area contributed by atoms with Gasteiger partial charge in [-0.3, -0.25) is 19.9 Å². The monoisotopic (exact) mass is 524 g/mol. The van der Waals surface area contributed by atoms with E-state index in [2.05, 4.69) is 15.6 Å². The molecule has 2 heterocycles. The van der Waals surface area contributed by atoms with Gasteiger partial charge in [-0.15, -0.1) is 0 Å². The Labute approximate surface area is 212 Å². The minimum Gasteiger partial charge on any atom is -0.493 e. The van der Waals surface area contributed by atoms with E-state index < -0.39 is 23.6 Å². The van der Waals surface area contributed by atoms with E-state index >= 15 is 0 Å². The molecule has 1 aliphatic rings. The van der Waals surface area contributed by atoms with E-state index in [4.69, 9.17) is 21.7 Å². The van der Waals surface area contributed by atoms with Crippen LogP contribution in [-0.2, 0) is 10.9 Å². The standard InChI is InChI=1S/C24H27F3N4O4S/c1-2-3-4-12-35-19-8-7-16(15-18(19)24(25,26)27)29-23(36)30-21(32)17-6-5-9-28-20(17)22(33)31-10-13-34-14-11-31/h5-9,15H,2-4,10-14H2,1H3,(H2,29,30,32,36). The first-order valence-corrected chi connectivity index (χ1v) is 11.9. The second-order valence-corrected chi connectivity index (χ2v) is 8.38. The van der Waals surface area contributed by atoms with Crippen molar-refractivity contribution in [1.82, 2.24) is 15.2 Å². The van der Waals surface area contributed by atoms with Gasteiger partial charge in [0.1, 0.15) is 11.4 Å². The molecule has 0 saturated carbocycles. The zero-order valence-corrected chi connectivity index (χ0v) is 20.5. The third-order valence-electron chi connectivity index (χ3n) is 5.33. The molecule has 1 aromatic carbocycles. The van der Waals surface area contributed by atoms with E-state index in [1.165, 1.54) is 35.4 Å². The summed E-state index contributed by atoms with van der Waals surface area (Å²) in [6.45, 7) is 3.68. The largest absolute Gasteiger partial charge is 0.493 e. The molecule has 0 atom stereocenters. The molecule has 1 fully saturated rings. The molecular weight excluding hydrogens is 497 g/mol. The maximum atomic E-state index is 13.6. The van der Waals surface area contributed by atoms with Crippen LogP contribution in [0.5, 0.6) is 5.75 Å². The fourth-order valence-corrected chi connectivity index (χ4v) is 3.71. The number of carbonyl (C=O) groups is 2. The lowest BCUT2D eigenvalue weighted by Gasteiger charge is -2.27. The third-order valence-corrected chi connectivity index (χ3v) is 5.53. The van der Waals surface area contributed by atoms with E-state index in [9.17, 15) is 22.8 Å². The summed E-state index contributed by atoms with van der Waals surface area (Å²) in [5, 5.41) is 4.74. The summed E-state index contributed by atoms with van der Waals surface area (Å²) in [6.07, 6.45) is -0.831. The van der Waals surface area contributed by atoms with E-state index in [-0.39, 0.29) is 34.4 Å². The van der Waals surface area contributed by atoms with Crippen LogP contribution < -0.4 is 15.4 Å². The first-order chi connectivity index (χ1) is 17.2. The molecule has 12 heteroatoms. The number of rotatable bonds is 8. The van der Waals surface area contributed by atoms with Crippen LogP contribution in [-0.4, -0.2) is 59.7 Å². The van der Waals surface area contributed by atoms with Gasteiger partial charge in [0, 0.05) is 25.0 Å². The van der Waals surface area contributed by atoms with Crippen LogP contribution in [0.3, 0.4) is 0 Å². The van der Waals surface area contributed by atoms with Gasteiger partial charge in [-0.2, -0.15) is 13.2 Å². The Balaban J connectivity index is 1.69. The minimum absolute atomic E-state index is 0.00931. The summed E-state index contributed by atoms with van der Waals surface area (Å²) in [5.74, 6) is -1.42. The molecule has 36 heavy (non-hydrogen) atoms. The topological polar surface area (TPSA) is 92.8 Å². The van der Waals surface area contributed by atoms with Crippen molar-refractivity contribution in [3.8, 4) is 5.75 Å². The smallest absolute Gasteiger partial charge is 0.420 e. The van der Waals surface area contributed by atoms with Gasteiger partial charge in [0.2, 0.25) is 0 Å². The molecule has 0 radical (unpaired) electrons. The Kier molecular flexibility index (Phi) is 9.59. The van der Waals surface area contributed by atoms with Crippen molar-refractivity contribution in [3.05, 3.63) is 53.3 Å². The number of pyridine rings is 1. The number of hydrogen-bond acceptors (Lipinski definition) is 6. The van der Waals surface area contributed by atoms with E-state index in [1.54, 1.807) is 0 Å². The van der Waals surface area contributed by atoms with E-state index in [1.807, 2.05) is 6.92 Å². The van der Waals surface area contributed by atoms with Gasteiger partial charge < -0.3 is 19.7 Å². The molecule has 0 spiro atoms. The van der Waals surface area contributed by atoms with Crippen molar-refractivity contribution >= 4 is 34.8 Å². The average Bonchev–Trinajstić information content (AvgIpc) is 2.86. The molecule has 0 bridgehead atoms. The van der Waals surface area contributed by atoms with Crippen molar-refractivity contribution in [2.24, 2.45) is 0 Å². The van der Waals surface area contributed by atoms with Gasteiger partial charge in [-0.1, -0.05) is 19.8 Å². The summed E-state index contributed by atoms with van der Waals surface area (Å²) < 4.78 is 51.3. The summed E-state index contributed by atoms with van der Waals surface area (Å²) >= 11 is 5.13. The number of nitrogens with zero attached hydrogens (tertiary/aromatic N) is 2. The maximum Gasteiger partial charge on any atom is 0.420 e. The number of hydrogen-bond donors (Lipinski definition) is 2. The lowest BCUT2D eigenvalue weighted by atomic mass is 10.1. The minimum atomic E-state index is -4.65. The van der Waals surface area contributed by atoms with Gasteiger partial charge >= 0.3 is 6.18 Å². The highest BCUT2D eigenvalue weighted by atomic mass is 32.1. The molecule has 1 aliphatic heterocycles. The Morgan fingerprint density at radius 2 is 1.94 bits per heavy atom. The quantitative estimate of drug-likeness (QED) is 0.394. The second kappa shape index (κ2) is 12.6.